The SMILES string of the molecule is O=C(NCc1ccc(COc2ccccc2)cc1)C1=NN(C2CCS(=O)(=O)C2)C(=O)CC1. The molecule has 9 heteroatoms. The van der Waals surface area contributed by atoms with E-state index in [1.165, 1.54) is 5.01 Å². The number of hydrazone groups is 1. The third kappa shape index (κ3) is 5.53. The van der Waals surface area contributed by atoms with Crippen LogP contribution >= 0.6 is 0 Å². The van der Waals surface area contributed by atoms with Crippen LogP contribution < -0.4 is 10.1 Å². The molecule has 1 N–H and O–H groups in total. The number of sulfone groups is 1. The first-order valence-electron chi connectivity index (χ1n) is 10.5. The highest BCUT2D eigenvalue weighted by atomic mass is 32.2. The number of ether oxygens (including phenoxy) is 1. The molecule has 2 aromatic carbocycles. The summed E-state index contributed by atoms with van der Waals surface area (Å²) in [7, 11) is -3.15. The highest BCUT2D eigenvalue weighted by Crippen LogP contribution is 2.22. The molecule has 2 aromatic rings. The molecule has 2 aliphatic heterocycles. The maximum Gasteiger partial charge on any atom is 0.267 e. The van der Waals surface area contributed by atoms with Gasteiger partial charge in [0.1, 0.15) is 18.1 Å². The average Bonchev–Trinajstić information content (AvgIpc) is 3.17. The number of para-hydroxylation sites is 1. The van der Waals surface area contributed by atoms with E-state index in [-0.39, 0.29) is 41.9 Å². The van der Waals surface area contributed by atoms with Crippen LogP contribution in [-0.2, 0) is 32.6 Å². The molecule has 0 aliphatic carbocycles. The first-order valence-corrected chi connectivity index (χ1v) is 12.4. The maximum absolute atomic E-state index is 12.6. The number of nitrogens with one attached hydrogen (secondary N) is 1. The standard InChI is InChI=1S/C23H25N3O5S/c27-22-11-10-21(25-26(22)19-12-13-32(29,30)16-19)23(28)24-14-17-6-8-18(9-7-17)15-31-20-4-2-1-3-5-20/h1-9,19H,10-16H2,(H,24,28). The Morgan fingerprint density at radius 2 is 1.78 bits per heavy atom. The third-order valence-electron chi connectivity index (χ3n) is 5.50. The molecule has 1 atom stereocenters. The second kappa shape index (κ2) is 9.52. The van der Waals surface area contributed by atoms with Gasteiger partial charge < -0.3 is 10.1 Å². The van der Waals surface area contributed by atoms with Gasteiger partial charge in [-0.2, -0.15) is 5.10 Å². The molecule has 0 saturated carbocycles. The van der Waals surface area contributed by atoms with E-state index in [1.54, 1.807) is 0 Å². The summed E-state index contributed by atoms with van der Waals surface area (Å²) in [6, 6.07) is 16.8. The van der Waals surface area contributed by atoms with Crippen molar-refractivity contribution in [2.45, 2.75) is 38.5 Å². The van der Waals surface area contributed by atoms with Crippen LogP contribution in [0.2, 0.25) is 0 Å². The van der Waals surface area contributed by atoms with Crippen molar-refractivity contribution in [3.63, 3.8) is 0 Å². The molecule has 168 valence electrons. The fourth-order valence-electron chi connectivity index (χ4n) is 3.71. The number of rotatable bonds is 7. The number of hydrogen-bond acceptors (Lipinski definition) is 6. The smallest absolute Gasteiger partial charge is 0.267 e. The molecule has 8 nitrogen and oxygen atoms in total. The molecular weight excluding hydrogens is 430 g/mol. The molecule has 2 heterocycles. The quantitative estimate of drug-likeness (QED) is 0.688. The van der Waals surface area contributed by atoms with E-state index in [0.29, 0.717) is 19.6 Å². The topological polar surface area (TPSA) is 105 Å². The Kier molecular flexibility index (Phi) is 6.55. The highest BCUT2D eigenvalue weighted by Gasteiger charge is 2.37. The van der Waals surface area contributed by atoms with Crippen molar-refractivity contribution >= 4 is 27.4 Å². The highest BCUT2D eigenvalue weighted by molar-refractivity contribution is 7.91. The molecule has 0 spiro atoms. The van der Waals surface area contributed by atoms with Gasteiger partial charge in [-0.05, 0) is 29.7 Å². The van der Waals surface area contributed by atoms with Crippen LogP contribution in [0, 0.1) is 0 Å². The van der Waals surface area contributed by atoms with Crippen LogP contribution in [0.3, 0.4) is 0 Å². The summed E-state index contributed by atoms with van der Waals surface area (Å²) in [4.78, 5) is 24.8. The maximum atomic E-state index is 12.6. The number of carbonyl (C=O) groups excluding carboxylic acids is 2. The fourth-order valence-corrected chi connectivity index (χ4v) is 5.40. The van der Waals surface area contributed by atoms with Crippen molar-refractivity contribution in [3.8, 4) is 5.75 Å². The fraction of sp³-hybridized carbons (Fsp3) is 0.348. The number of amides is 2. The minimum Gasteiger partial charge on any atom is -0.489 e. The summed E-state index contributed by atoms with van der Waals surface area (Å²) in [6.07, 6.45) is 0.752. The molecule has 1 saturated heterocycles. The van der Waals surface area contributed by atoms with E-state index in [1.807, 2.05) is 54.6 Å². The van der Waals surface area contributed by atoms with Gasteiger partial charge in [-0.15, -0.1) is 0 Å². The summed E-state index contributed by atoms with van der Waals surface area (Å²) >= 11 is 0. The summed E-state index contributed by atoms with van der Waals surface area (Å²) in [6.45, 7) is 0.775. The molecule has 0 aromatic heterocycles. The van der Waals surface area contributed by atoms with Crippen LogP contribution in [0.4, 0.5) is 0 Å². The molecule has 0 radical (unpaired) electrons. The van der Waals surface area contributed by atoms with Crippen LogP contribution in [-0.4, -0.2) is 48.5 Å². The largest absolute Gasteiger partial charge is 0.489 e. The van der Waals surface area contributed by atoms with E-state index < -0.39 is 15.9 Å². The molecule has 1 unspecified atom stereocenters. The van der Waals surface area contributed by atoms with Crippen molar-refractivity contribution in [1.82, 2.24) is 10.3 Å². The first-order chi connectivity index (χ1) is 15.4. The Morgan fingerprint density at radius 3 is 2.47 bits per heavy atom. The average molecular weight is 456 g/mol. The Balaban J connectivity index is 1.31. The van der Waals surface area contributed by atoms with Crippen molar-refractivity contribution in [2.24, 2.45) is 5.10 Å². The Hall–Kier alpha value is -3.20. The number of carbonyl (C=O) groups is 2. The summed E-state index contributed by atoms with van der Waals surface area (Å²) in [5, 5.41) is 8.23. The lowest BCUT2D eigenvalue weighted by atomic mass is 10.1. The lowest BCUT2D eigenvalue weighted by Gasteiger charge is -2.27. The van der Waals surface area contributed by atoms with Crippen molar-refractivity contribution in [3.05, 3.63) is 65.7 Å². The van der Waals surface area contributed by atoms with Gasteiger partial charge in [0.25, 0.3) is 5.91 Å². The molecule has 2 amide bonds. The number of hydrogen-bond donors (Lipinski definition) is 1. The predicted molar refractivity (Wildman–Crippen MR) is 120 cm³/mol. The van der Waals surface area contributed by atoms with Gasteiger partial charge in [-0.25, -0.2) is 13.4 Å². The van der Waals surface area contributed by atoms with Crippen LogP contribution in [0.15, 0.2) is 59.7 Å². The van der Waals surface area contributed by atoms with Crippen molar-refractivity contribution in [2.75, 3.05) is 11.5 Å². The first kappa shape index (κ1) is 22.0. The van der Waals surface area contributed by atoms with Crippen molar-refractivity contribution in [1.29, 1.82) is 0 Å². The zero-order valence-corrected chi connectivity index (χ0v) is 18.4. The molecular formula is C23H25N3O5S. The molecule has 32 heavy (non-hydrogen) atoms. The van der Waals surface area contributed by atoms with E-state index in [4.69, 9.17) is 4.74 Å². The molecule has 2 aliphatic rings. The molecule has 0 bridgehead atoms. The lowest BCUT2D eigenvalue weighted by molar-refractivity contribution is -0.133. The molecule has 4 rings (SSSR count). The van der Waals surface area contributed by atoms with Crippen LogP contribution in [0.25, 0.3) is 0 Å². The van der Waals surface area contributed by atoms with Gasteiger partial charge in [-0.3, -0.25) is 9.59 Å². The van der Waals surface area contributed by atoms with Gasteiger partial charge >= 0.3 is 0 Å². The van der Waals surface area contributed by atoms with Gasteiger partial charge in [0.2, 0.25) is 5.91 Å². The monoisotopic (exact) mass is 455 g/mol. The normalized spacial score (nSPS) is 20.0. The van der Waals surface area contributed by atoms with Crippen molar-refractivity contribution < 1.29 is 22.7 Å². The second-order valence-electron chi connectivity index (χ2n) is 7.94. The van der Waals surface area contributed by atoms with E-state index in [9.17, 15) is 18.0 Å². The van der Waals surface area contributed by atoms with Crippen LogP contribution in [0.1, 0.15) is 30.4 Å². The summed E-state index contributed by atoms with van der Waals surface area (Å²) in [5.41, 5.74) is 2.19. The Morgan fingerprint density at radius 1 is 1.06 bits per heavy atom. The van der Waals surface area contributed by atoms with E-state index in [0.717, 1.165) is 16.9 Å². The van der Waals surface area contributed by atoms with Gasteiger partial charge in [0, 0.05) is 19.4 Å². The third-order valence-corrected chi connectivity index (χ3v) is 7.25. The Bertz CT molecular complexity index is 1110. The number of benzene rings is 2. The summed E-state index contributed by atoms with van der Waals surface area (Å²) in [5.74, 6) is 0.166. The lowest BCUT2D eigenvalue weighted by Crippen LogP contribution is -2.43. The van der Waals surface area contributed by atoms with Gasteiger partial charge in [-0.1, -0.05) is 42.5 Å². The van der Waals surface area contributed by atoms with Gasteiger partial charge in [0.05, 0.1) is 17.5 Å². The van der Waals surface area contributed by atoms with E-state index in [2.05, 4.69) is 10.4 Å². The van der Waals surface area contributed by atoms with Gasteiger partial charge in [0.15, 0.2) is 9.84 Å². The predicted octanol–water partition coefficient (Wildman–Crippen LogP) is 2.05. The van der Waals surface area contributed by atoms with E-state index >= 15 is 0 Å². The zero-order chi connectivity index (χ0) is 22.6. The minimum atomic E-state index is -3.15. The Labute approximate surface area is 187 Å². The number of nitrogens with zero attached hydrogens (tertiary/aromatic N) is 2. The summed E-state index contributed by atoms with van der Waals surface area (Å²) < 4.78 is 29.2. The molecule has 1 fully saturated rings. The van der Waals surface area contributed by atoms with Crippen LogP contribution in [0.5, 0.6) is 5.75 Å². The minimum absolute atomic E-state index is 0.0465. The second-order valence-corrected chi connectivity index (χ2v) is 10.2. The zero-order valence-electron chi connectivity index (χ0n) is 17.6.